The molecule has 182 valence electrons. The lowest BCUT2D eigenvalue weighted by Crippen LogP contribution is -2.40. The molecule has 0 spiro atoms. The minimum atomic E-state index is -0.267. The number of carbonyl (C=O) groups excluding carboxylic acids is 2. The maximum absolute atomic E-state index is 12.3. The van der Waals surface area contributed by atoms with Crippen LogP contribution in [-0.4, -0.2) is 68.3 Å². The number of hydrogen-bond donors (Lipinski definition) is 3. The fourth-order valence-electron chi connectivity index (χ4n) is 3.58. The van der Waals surface area contributed by atoms with Gasteiger partial charge in [0, 0.05) is 38.3 Å². The number of nitrogens with zero attached hydrogens (tertiary/aromatic N) is 1. The summed E-state index contributed by atoms with van der Waals surface area (Å²) in [6.07, 6.45) is 2.42. The van der Waals surface area contributed by atoms with Crippen LogP contribution in [0.5, 0.6) is 23.0 Å². The number of hydrogen-bond acceptors (Lipinski definition) is 7. The van der Waals surface area contributed by atoms with Gasteiger partial charge in [-0.05, 0) is 30.2 Å². The zero-order valence-corrected chi connectivity index (χ0v) is 19.3. The Kier molecular flexibility index (Phi) is 9.16. The quantitative estimate of drug-likeness (QED) is 0.571. The van der Waals surface area contributed by atoms with Crippen LogP contribution in [0.2, 0.25) is 0 Å². The lowest BCUT2D eigenvalue weighted by molar-refractivity contribution is -0.124. The van der Waals surface area contributed by atoms with Crippen LogP contribution in [0.15, 0.2) is 49.1 Å². The second-order valence-corrected chi connectivity index (χ2v) is 7.80. The Morgan fingerprint density at radius 2 is 1.65 bits per heavy atom. The van der Waals surface area contributed by atoms with Gasteiger partial charge in [0.05, 0.1) is 7.11 Å². The number of benzene rings is 2. The van der Waals surface area contributed by atoms with Crippen LogP contribution in [0, 0.1) is 0 Å². The molecule has 0 radical (unpaired) electrons. The van der Waals surface area contributed by atoms with Crippen molar-refractivity contribution in [3.8, 4) is 23.0 Å². The summed E-state index contributed by atoms with van der Waals surface area (Å²) in [5.74, 6) is 0.714. The van der Waals surface area contributed by atoms with Crippen molar-refractivity contribution in [2.75, 3.05) is 46.5 Å². The van der Waals surface area contributed by atoms with Crippen LogP contribution in [0.3, 0.4) is 0 Å². The number of amides is 2. The van der Waals surface area contributed by atoms with E-state index in [1.165, 1.54) is 7.11 Å². The molecular formula is C25H31N3O6. The number of ether oxygens (including phenoxy) is 3. The lowest BCUT2D eigenvalue weighted by atomic mass is 10.1. The number of methoxy groups -OCH3 is 1. The molecule has 0 atom stereocenters. The van der Waals surface area contributed by atoms with E-state index in [1.54, 1.807) is 36.4 Å². The normalized spacial score (nSPS) is 15.9. The summed E-state index contributed by atoms with van der Waals surface area (Å²) in [5.41, 5.74) is 1.65. The van der Waals surface area contributed by atoms with E-state index in [0.29, 0.717) is 62.0 Å². The molecule has 2 aromatic rings. The molecule has 2 aromatic carbocycles. The van der Waals surface area contributed by atoms with Crippen molar-refractivity contribution in [1.82, 2.24) is 15.5 Å². The van der Waals surface area contributed by atoms with Crippen LogP contribution in [-0.2, 0) is 22.6 Å². The summed E-state index contributed by atoms with van der Waals surface area (Å²) < 4.78 is 16.5. The number of carbonyl (C=O) groups is 2. The largest absolute Gasteiger partial charge is 0.504 e. The predicted molar refractivity (Wildman–Crippen MR) is 127 cm³/mol. The second kappa shape index (κ2) is 12.5. The first-order valence-electron chi connectivity index (χ1n) is 11.1. The molecular weight excluding hydrogens is 438 g/mol. The molecule has 0 aliphatic carbocycles. The summed E-state index contributed by atoms with van der Waals surface area (Å²) in [6, 6.07) is 10.6. The average Bonchev–Trinajstić information content (AvgIpc) is 2.83. The minimum Gasteiger partial charge on any atom is -0.504 e. The first-order chi connectivity index (χ1) is 16.5. The van der Waals surface area contributed by atoms with Gasteiger partial charge in [-0.25, -0.2) is 0 Å². The van der Waals surface area contributed by atoms with Crippen LogP contribution >= 0.6 is 0 Å². The summed E-state index contributed by atoms with van der Waals surface area (Å²) in [6.45, 7) is 5.58. The highest BCUT2D eigenvalue weighted by molar-refractivity contribution is 5.78. The molecule has 0 bridgehead atoms. The molecule has 3 N–H and O–H groups in total. The molecule has 0 saturated carbocycles. The van der Waals surface area contributed by atoms with Gasteiger partial charge in [0.2, 0.25) is 0 Å². The zero-order valence-electron chi connectivity index (χ0n) is 19.3. The third-order valence-electron chi connectivity index (χ3n) is 5.27. The highest BCUT2D eigenvalue weighted by atomic mass is 16.5. The molecule has 1 heterocycles. The topological polar surface area (TPSA) is 109 Å². The average molecular weight is 470 g/mol. The van der Waals surface area contributed by atoms with E-state index >= 15 is 0 Å². The first-order valence-corrected chi connectivity index (χ1v) is 11.1. The molecule has 0 saturated heterocycles. The van der Waals surface area contributed by atoms with Crippen LogP contribution in [0.25, 0.3) is 0 Å². The Morgan fingerprint density at radius 3 is 2.18 bits per heavy atom. The molecule has 3 rings (SSSR count). The van der Waals surface area contributed by atoms with Crippen molar-refractivity contribution in [3.63, 3.8) is 0 Å². The molecule has 9 nitrogen and oxygen atoms in total. The maximum atomic E-state index is 12.3. The van der Waals surface area contributed by atoms with Gasteiger partial charge >= 0.3 is 0 Å². The predicted octanol–water partition coefficient (Wildman–Crippen LogP) is 1.64. The van der Waals surface area contributed by atoms with Gasteiger partial charge in [-0.1, -0.05) is 24.3 Å². The number of aromatic hydroxyl groups is 1. The number of allylic oxidation sites excluding steroid dienone is 1. The maximum Gasteiger partial charge on any atom is 0.257 e. The Morgan fingerprint density at radius 1 is 1.06 bits per heavy atom. The third kappa shape index (κ3) is 7.14. The number of fused-ring (bicyclic) bond motifs is 1. The van der Waals surface area contributed by atoms with E-state index in [0.717, 1.165) is 5.56 Å². The van der Waals surface area contributed by atoms with Crippen LogP contribution in [0.4, 0.5) is 0 Å². The lowest BCUT2D eigenvalue weighted by Gasteiger charge is -2.24. The van der Waals surface area contributed by atoms with Gasteiger partial charge in [0.1, 0.15) is 0 Å². The summed E-state index contributed by atoms with van der Waals surface area (Å²) >= 11 is 0. The van der Waals surface area contributed by atoms with Gasteiger partial charge in [0.15, 0.2) is 36.2 Å². The van der Waals surface area contributed by atoms with Gasteiger partial charge in [0.25, 0.3) is 11.8 Å². The fourth-order valence-corrected chi connectivity index (χ4v) is 3.58. The number of nitrogens with one attached hydrogen (secondary N) is 2. The number of phenols is 1. The number of rotatable bonds is 5. The van der Waals surface area contributed by atoms with Gasteiger partial charge in [-0.2, -0.15) is 0 Å². The van der Waals surface area contributed by atoms with Gasteiger partial charge < -0.3 is 30.0 Å². The zero-order chi connectivity index (χ0) is 24.3. The molecule has 34 heavy (non-hydrogen) atoms. The van der Waals surface area contributed by atoms with E-state index in [1.807, 2.05) is 11.0 Å². The van der Waals surface area contributed by atoms with Gasteiger partial charge in [-0.3, -0.25) is 14.5 Å². The van der Waals surface area contributed by atoms with E-state index < -0.39 is 0 Å². The summed E-state index contributed by atoms with van der Waals surface area (Å²) in [5, 5.41) is 16.3. The molecule has 1 aliphatic rings. The molecule has 0 fully saturated rings. The van der Waals surface area contributed by atoms with Gasteiger partial charge in [-0.15, -0.1) is 6.58 Å². The van der Waals surface area contributed by atoms with Crippen molar-refractivity contribution in [2.45, 2.75) is 13.0 Å². The van der Waals surface area contributed by atoms with E-state index in [4.69, 9.17) is 14.2 Å². The van der Waals surface area contributed by atoms with Crippen molar-refractivity contribution >= 4 is 11.8 Å². The molecule has 0 aromatic heterocycles. The smallest absolute Gasteiger partial charge is 0.257 e. The van der Waals surface area contributed by atoms with Crippen molar-refractivity contribution in [3.05, 3.63) is 60.2 Å². The summed E-state index contributed by atoms with van der Waals surface area (Å²) in [7, 11) is 1.51. The van der Waals surface area contributed by atoms with E-state index in [-0.39, 0.29) is 30.8 Å². The van der Waals surface area contributed by atoms with Crippen molar-refractivity contribution < 1.29 is 28.9 Å². The fraction of sp³-hybridized carbons (Fsp3) is 0.360. The second-order valence-electron chi connectivity index (χ2n) is 7.80. The van der Waals surface area contributed by atoms with E-state index in [2.05, 4.69) is 17.2 Å². The Labute approximate surface area is 199 Å². The third-order valence-corrected chi connectivity index (χ3v) is 5.27. The molecule has 9 heteroatoms. The number of phenolic OH excluding ortho intramolecular Hbond substituents is 1. The highest BCUT2D eigenvalue weighted by Gasteiger charge is 2.16. The SMILES string of the molecule is C=CCc1cc(CN2CCNC(=O)COc3ccccc3OCC(=O)NCC2)c(O)c(OC)c1. The highest BCUT2D eigenvalue weighted by Crippen LogP contribution is 2.32. The van der Waals surface area contributed by atoms with E-state index in [9.17, 15) is 14.7 Å². The van der Waals surface area contributed by atoms with Crippen molar-refractivity contribution in [2.24, 2.45) is 0 Å². The molecule has 2 amide bonds. The Bertz CT molecular complexity index is 965. The summed E-state index contributed by atoms with van der Waals surface area (Å²) in [4.78, 5) is 26.6. The first kappa shape index (κ1) is 24.9. The standard InChI is InChI=1S/C25H31N3O6/c1-3-6-18-13-19(25(31)22(14-18)32-2)15-28-11-9-26-23(29)16-33-20-7-4-5-8-21(20)34-17-24(30)27-10-12-28/h3-5,7-8,13-14,31H,1,6,9-12,15-17H2,2H3,(H,26,29)(H,27,30). The Hall–Kier alpha value is -3.72. The Balaban J connectivity index is 1.72. The van der Waals surface area contributed by atoms with Crippen molar-refractivity contribution in [1.29, 1.82) is 0 Å². The number of para-hydroxylation sites is 2. The van der Waals surface area contributed by atoms with Crippen LogP contribution in [0.1, 0.15) is 11.1 Å². The monoisotopic (exact) mass is 469 g/mol. The van der Waals surface area contributed by atoms with Crippen LogP contribution < -0.4 is 24.8 Å². The molecule has 1 aliphatic heterocycles. The minimum absolute atomic E-state index is 0.0684. The molecule has 0 unspecified atom stereocenters.